The molecule has 2 aromatic carbocycles. The van der Waals surface area contributed by atoms with Crippen LogP contribution in [0.3, 0.4) is 0 Å². The van der Waals surface area contributed by atoms with Gasteiger partial charge in [0, 0.05) is 19.3 Å². The molecule has 1 heterocycles. The van der Waals surface area contributed by atoms with E-state index >= 15 is 0 Å². The van der Waals surface area contributed by atoms with E-state index in [-0.39, 0.29) is 11.9 Å². The van der Waals surface area contributed by atoms with Crippen LogP contribution in [-0.2, 0) is 9.53 Å². The summed E-state index contributed by atoms with van der Waals surface area (Å²) in [5.41, 5.74) is 0. The molecule has 1 saturated heterocycles. The van der Waals surface area contributed by atoms with E-state index in [1.807, 2.05) is 36.4 Å². The summed E-state index contributed by atoms with van der Waals surface area (Å²) in [7, 11) is 0. The fraction of sp³-hybridized carbons (Fsp3) is 0.389. The van der Waals surface area contributed by atoms with E-state index in [2.05, 4.69) is 11.4 Å². The van der Waals surface area contributed by atoms with E-state index in [1.54, 1.807) is 6.92 Å². The Morgan fingerprint density at radius 1 is 1.18 bits per heavy atom. The highest BCUT2D eigenvalue weighted by molar-refractivity contribution is 5.84. The molecule has 1 amide bonds. The topological polar surface area (TPSA) is 47.6 Å². The molecular weight excluding hydrogens is 278 g/mol. The highest BCUT2D eigenvalue weighted by Gasteiger charge is 2.20. The van der Waals surface area contributed by atoms with Crippen LogP contribution < -0.4 is 10.1 Å². The van der Waals surface area contributed by atoms with Gasteiger partial charge in [-0.1, -0.05) is 30.3 Å². The summed E-state index contributed by atoms with van der Waals surface area (Å²) in [6.07, 6.45) is 1.23. The first-order valence-electron chi connectivity index (χ1n) is 7.76. The fourth-order valence-corrected chi connectivity index (χ4v) is 2.66. The lowest BCUT2D eigenvalue weighted by Crippen LogP contribution is -2.44. The van der Waals surface area contributed by atoms with Crippen molar-refractivity contribution in [1.29, 1.82) is 0 Å². The predicted molar refractivity (Wildman–Crippen MR) is 86.0 cm³/mol. The van der Waals surface area contributed by atoms with Crippen molar-refractivity contribution in [2.45, 2.75) is 31.9 Å². The number of ether oxygens (including phenoxy) is 2. The smallest absolute Gasteiger partial charge is 0.260 e. The van der Waals surface area contributed by atoms with Gasteiger partial charge in [-0.2, -0.15) is 0 Å². The zero-order valence-electron chi connectivity index (χ0n) is 12.7. The normalized spacial score (nSPS) is 17.1. The zero-order valence-corrected chi connectivity index (χ0v) is 12.7. The monoisotopic (exact) mass is 299 g/mol. The van der Waals surface area contributed by atoms with Crippen LogP contribution in [0.4, 0.5) is 0 Å². The maximum atomic E-state index is 12.2. The van der Waals surface area contributed by atoms with Gasteiger partial charge in [-0.25, -0.2) is 0 Å². The second kappa shape index (κ2) is 6.79. The van der Waals surface area contributed by atoms with Crippen molar-refractivity contribution >= 4 is 16.7 Å². The Hall–Kier alpha value is -2.07. The van der Waals surface area contributed by atoms with Crippen molar-refractivity contribution in [2.75, 3.05) is 13.2 Å². The van der Waals surface area contributed by atoms with Crippen LogP contribution in [0.5, 0.6) is 5.75 Å². The van der Waals surface area contributed by atoms with Gasteiger partial charge in [0.1, 0.15) is 5.75 Å². The number of hydrogen-bond donors (Lipinski definition) is 1. The minimum atomic E-state index is -0.510. The van der Waals surface area contributed by atoms with Crippen molar-refractivity contribution in [2.24, 2.45) is 0 Å². The number of fused-ring (bicyclic) bond motifs is 1. The maximum absolute atomic E-state index is 12.2. The quantitative estimate of drug-likeness (QED) is 0.944. The molecule has 22 heavy (non-hydrogen) atoms. The third-order valence-corrected chi connectivity index (χ3v) is 3.97. The number of rotatable bonds is 4. The SMILES string of the molecule is CC(Oc1ccc2ccccc2c1)C(=O)NC1CCOCC1. The standard InChI is InChI=1S/C18H21NO3/c1-13(18(20)19-16-8-10-21-11-9-16)22-17-7-6-14-4-2-3-5-15(14)12-17/h2-7,12-13,16H,8-11H2,1H3,(H,19,20). The summed E-state index contributed by atoms with van der Waals surface area (Å²) >= 11 is 0. The first kappa shape index (κ1) is 14.9. The van der Waals surface area contributed by atoms with E-state index in [0.29, 0.717) is 19.0 Å². The highest BCUT2D eigenvalue weighted by atomic mass is 16.5. The molecule has 116 valence electrons. The summed E-state index contributed by atoms with van der Waals surface area (Å²) in [5.74, 6) is 0.647. The number of nitrogens with one attached hydrogen (secondary N) is 1. The first-order chi connectivity index (χ1) is 10.7. The van der Waals surface area contributed by atoms with E-state index in [4.69, 9.17) is 9.47 Å². The Balaban J connectivity index is 1.61. The molecule has 0 spiro atoms. The van der Waals surface area contributed by atoms with Gasteiger partial charge in [0.05, 0.1) is 0 Å². The molecule has 1 aliphatic rings. The summed E-state index contributed by atoms with van der Waals surface area (Å²) in [6.45, 7) is 3.21. The van der Waals surface area contributed by atoms with Crippen LogP contribution in [0.1, 0.15) is 19.8 Å². The molecule has 1 aliphatic heterocycles. The van der Waals surface area contributed by atoms with Gasteiger partial charge in [-0.3, -0.25) is 4.79 Å². The van der Waals surface area contributed by atoms with Crippen molar-refractivity contribution < 1.29 is 14.3 Å². The van der Waals surface area contributed by atoms with Crippen LogP contribution >= 0.6 is 0 Å². The van der Waals surface area contributed by atoms with Crippen molar-refractivity contribution in [3.63, 3.8) is 0 Å². The molecule has 3 rings (SSSR count). The number of carbonyl (C=O) groups excluding carboxylic acids is 1. The van der Waals surface area contributed by atoms with Gasteiger partial charge < -0.3 is 14.8 Å². The van der Waals surface area contributed by atoms with E-state index < -0.39 is 6.10 Å². The maximum Gasteiger partial charge on any atom is 0.260 e. The lowest BCUT2D eigenvalue weighted by Gasteiger charge is -2.25. The Labute approximate surface area is 130 Å². The molecule has 2 aromatic rings. The average Bonchev–Trinajstić information content (AvgIpc) is 2.55. The first-order valence-corrected chi connectivity index (χ1v) is 7.76. The second-order valence-corrected chi connectivity index (χ2v) is 5.66. The highest BCUT2D eigenvalue weighted by Crippen LogP contribution is 2.21. The van der Waals surface area contributed by atoms with Crippen LogP contribution in [-0.4, -0.2) is 31.3 Å². The summed E-state index contributed by atoms with van der Waals surface area (Å²) < 4.78 is 11.1. The summed E-state index contributed by atoms with van der Waals surface area (Å²) in [6, 6.07) is 14.2. The van der Waals surface area contributed by atoms with E-state index in [0.717, 1.165) is 23.6 Å². The molecule has 0 bridgehead atoms. The van der Waals surface area contributed by atoms with Crippen LogP contribution in [0.15, 0.2) is 42.5 Å². The van der Waals surface area contributed by atoms with Gasteiger partial charge >= 0.3 is 0 Å². The van der Waals surface area contributed by atoms with Crippen molar-refractivity contribution in [3.05, 3.63) is 42.5 Å². The van der Waals surface area contributed by atoms with E-state index in [9.17, 15) is 4.79 Å². The molecule has 4 nitrogen and oxygen atoms in total. The van der Waals surface area contributed by atoms with Crippen LogP contribution in [0.2, 0.25) is 0 Å². The van der Waals surface area contributed by atoms with Crippen LogP contribution in [0, 0.1) is 0 Å². The molecule has 1 atom stereocenters. The summed E-state index contributed by atoms with van der Waals surface area (Å²) in [4.78, 5) is 12.2. The molecule has 1 N–H and O–H groups in total. The van der Waals surface area contributed by atoms with E-state index in [1.165, 1.54) is 0 Å². The van der Waals surface area contributed by atoms with Gasteiger partial charge in [0.25, 0.3) is 5.91 Å². The molecule has 0 aromatic heterocycles. The van der Waals surface area contributed by atoms with Gasteiger partial charge in [0.2, 0.25) is 0 Å². The van der Waals surface area contributed by atoms with Crippen molar-refractivity contribution in [1.82, 2.24) is 5.32 Å². The Morgan fingerprint density at radius 2 is 1.91 bits per heavy atom. The minimum absolute atomic E-state index is 0.0694. The van der Waals surface area contributed by atoms with Crippen molar-refractivity contribution in [3.8, 4) is 5.75 Å². The Bertz CT molecular complexity index is 650. The number of amides is 1. The Kier molecular flexibility index (Phi) is 4.59. The second-order valence-electron chi connectivity index (χ2n) is 5.66. The minimum Gasteiger partial charge on any atom is -0.481 e. The molecule has 0 saturated carbocycles. The van der Waals surface area contributed by atoms with Crippen LogP contribution in [0.25, 0.3) is 10.8 Å². The molecular formula is C18H21NO3. The van der Waals surface area contributed by atoms with Gasteiger partial charge in [0.15, 0.2) is 6.10 Å². The molecule has 0 radical (unpaired) electrons. The van der Waals surface area contributed by atoms with Gasteiger partial charge in [-0.15, -0.1) is 0 Å². The molecule has 1 unspecified atom stereocenters. The number of benzene rings is 2. The lowest BCUT2D eigenvalue weighted by molar-refractivity contribution is -0.128. The zero-order chi connectivity index (χ0) is 15.4. The third kappa shape index (κ3) is 3.57. The predicted octanol–water partition coefficient (Wildman–Crippen LogP) is 2.90. The van der Waals surface area contributed by atoms with Gasteiger partial charge in [-0.05, 0) is 42.7 Å². The largest absolute Gasteiger partial charge is 0.481 e. The molecule has 0 aliphatic carbocycles. The summed E-state index contributed by atoms with van der Waals surface area (Å²) in [5, 5.41) is 5.30. The lowest BCUT2D eigenvalue weighted by atomic mass is 10.1. The molecule has 1 fully saturated rings. The number of carbonyl (C=O) groups is 1. The molecule has 4 heteroatoms. The third-order valence-electron chi connectivity index (χ3n) is 3.97. The Morgan fingerprint density at radius 3 is 2.68 bits per heavy atom. The number of hydrogen-bond acceptors (Lipinski definition) is 3. The fourth-order valence-electron chi connectivity index (χ4n) is 2.66. The average molecular weight is 299 g/mol.